The largest absolute Gasteiger partial charge is 0.370 e. The molecule has 1 atom stereocenters. The molecule has 1 N–H and O–H groups in total. The normalized spacial score (nSPS) is 19.7. The van der Waals surface area contributed by atoms with Crippen LogP contribution in [0.1, 0.15) is 41.7 Å². The van der Waals surface area contributed by atoms with Gasteiger partial charge in [0.15, 0.2) is 0 Å². The number of carbonyl (C=O) groups excluding carboxylic acids is 1. The number of piperidine rings is 1. The highest BCUT2D eigenvalue weighted by Gasteiger charge is 2.42. The number of rotatable bonds is 7. The van der Waals surface area contributed by atoms with Crippen molar-refractivity contribution in [2.45, 2.75) is 43.9 Å². The van der Waals surface area contributed by atoms with Crippen molar-refractivity contribution in [1.82, 2.24) is 20.0 Å². The Labute approximate surface area is 207 Å². The number of nitrogens with zero attached hydrogens (tertiary/aromatic N) is 4. The second kappa shape index (κ2) is 10.2. The lowest BCUT2D eigenvalue weighted by molar-refractivity contribution is -0.0764. The summed E-state index contributed by atoms with van der Waals surface area (Å²) < 4.78 is 8.10. The monoisotopic (exact) mass is 473 g/mol. The first kappa shape index (κ1) is 23.6. The Balaban J connectivity index is 1.08. The van der Waals surface area contributed by atoms with Crippen LogP contribution >= 0.6 is 0 Å². The summed E-state index contributed by atoms with van der Waals surface area (Å²) in [4.78, 5) is 17.1. The molecular weight excluding hydrogens is 438 g/mol. The molecule has 3 aromatic rings. The number of aryl methyl sites for hydroxylation is 1. The van der Waals surface area contributed by atoms with Crippen molar-refractivity contribution in [3.63, 3.8) is 0 Å². The Bertz CT molecular complexity index is 1120. The summed E-state index contributed by atoms with van der Waals surface area (Å²) in [6.45, 7) is 3.61. The first-order chi connectivity index (χ1) is 17.0. The zero-order valence-corrected chi connectivity index (χ0v) is 20.7. The number of benzene rings is 2. The standard InChI is InChI=1S/C28H35N5O2/c1-31(23-6-4-3-5-7-23)24-10-8-22(9-11-24)21-33-18-15-28(16-19-33)14-12-25(35-28)20-29-27(34)26-13-17-30-32(26)2/h3-11,13,17,25H,12,14-16,18-21H2,1-2H3,(H,29,34)/t25-/m1/s1. The molecule has 2 aliphatic heterocycles. The van der Waals surface area contributed by atoms with Crippen molar-refractivity contribution in [3.05, 3.63) is 78.1 Å². The Hall–Kier alpha value is -3.16. The molecule has 0 bridgehead atoms. The van der Waals surface area contributed by atoms with Crippen LogP contribution in [0.2, 0.25) is 0 Å². The molecule has 0 saturated carbocycles. The second-order valence-corrected chi connectivity index (χ2v) is 9.85. The van der Waals surface area contributed by atoms with Crippen molar-refractivity contribution < 1.29 is 9.53 Å². The molecular formula is C28H35N5O2. The lowest BCUT2D eigenvalue weighted by Gasteiger charge is -2.39. The zero-order valence-electron chi connectivity index (χ0n) is 20.7. The third kappa shape index (κ3) is 5.41. The van der Waals surface area contributed by atoms with E-state index in [2.05, 4.69) is 75.8 Å². The zero-order chi connectivity index (χ0) is 24.3. The summed E-state index contributed by atoms with van der Waals surface area (Å²) >= 11 is 0. The first-order valence-corrected chi connectivity index (χ1v) is 12.6. The second-order valence-electron chi connectivity index (χ2n) is 9.85. The highest BCUT2D eigenvalue weighted by atomic mass is 16.5. The maximum atomic E-state index is 12.4. The van der Waals surface area contributed by atoms with Crippen molar-refractivity contribution in [2.75, 3.05) is 31.6 Å². The fourth-order valence-corrected chi connectivity index (χ4v) is 5.30. The van der Waals surface area contributed by atoms with E-state index < -0.39 is 0 Å². The number of nitrogens with one attached hydrogen (secondary N) is 1. The smallest absolute Gasteiger partial charge is 0.269 e. The Morgan fingerprint density at radius 2 is 1.77 bits per heavy atom. The predicted molar refractivity (Wildman–Crippen MR) is 138 cm³/mol. The number of amides is 1. The van der Waals surface area contributed by atoms with Gasteiger partial charge in [-0.05, 0) is 61.6 Å². The van der Waals surface area contributed by atoms with E-state index in [0.717, 1.165) is 45.3 Å². The number of anilines is 2. The third-order valence-electron chi connectivity index (χ3n) is 7.52. The van der Waals surface area contributed by atoms with Crippen LogP contribution in [0.15, 0.2) is 66.9 Å². The Morgan fingerprint density at radius 3 is 2.46 bits per heavy atom. The highest BCUT2D eigenvalue weighted by molar-refractivity contribution is 5.92. The van der Waals surface area contributed by atoms with E-state index in [1.54, 1.807) is 24.0 Å². The molecule has 35 heavy (non-hydrogen) atoms. The summed E-state index contributed by atoms with van der Waals surface area (Å²) in [6, 6.07) is 21.1. The van der Waals surface area contributed by atoms with Crippen LogP contribution in [-0.4, -0.2) is 59.0 Å². The van der Waals surface area contributed by atoms with Gasteiger partial charge < -0.3 is 15.0 Å². The van der Waals surface area contributed by atoms with Crippen molar-refractivity contribution in [2.24, 2.45) is 7.05 Å². The van der Waals surface area contributed by atoms with E-state index in [4.69, 9.17) is 4.74 Å². The van der Waals surface area contributed by atoms with Gasteiger partial charge >= 0.3 is 0 Å². The van der Waals surface area contributed by atoms with Crippen LogP contribution in [0.4, 0.5) is 11.4 Å². The fraction of sp³-hybridized carbons (Fsp3) is 0.429. The molecule has 2 aromatic carbocycles. The molecule has 1 amide bonds. The molecule has 3 heterocycles. The van der Waals surface area contributed by atoms with Crippen LogP contribution in [0.25, 0.3) is 0 Å². The minimum absolute atomic E-state index is 0.0271. The minimum atomic E-state index is -0.0923. The van der Waals surface area contributed by atoms with Gasteiger partial charge in [-0.2, -0.15) is 5.10 Å². The van der Waals surface area contributed by atoms with E-state index in [1.165, 1.54) is 16.9 Å². The average Bonchev–Trinajstić information content (AvgIpc) is 3.51. The molecule has 184 valence electrons. The number of likely N-dealkylation sites (tertiary alicyclic amines) is 1. The van der Waals surface area contributed by atoms with Gasteiger partial charge in [0.1, 0.15) is 5.69 Å². The number of hydrogen-bond donors (Lipinski definition) is 1. The molecule has 2 aliphatic rings. The molecule has 5 rings (SSSR count). The van der Waals surface area contributed by atoms with Gasteiger partial charge in [0.2, 0.25) is 0 Å². The topological polar surface area (TPSA) is 62.6 Å². The van der Waals surface area contributed by atoms with Gasteiger partial charge in [-0.15, -0.1) is 0 Å². The van der Waals surface area contributed by atoms with Gasteiger partial charge in [-0.1, -0.05) is 30.3 Å². The molecule has 0 unspecified atom stereocenters. The average molecular weight is 474 g/mol. The highest BCUT2D eigenvalue weighted by Crippen LogP contribution is 2.39. The minimum Gasteiger partial charge on any atom is -0.370 e. The summed E-state index contributed by atoms with van der Waals surface area (Å²) in [6.07, 6.45) is 5.91. The summed E-state index contributed by atoms with van der Waals surface area (Å²) in [5.74, 6) is -0.0923. The van der Waals surface area contributed by atoms with E-state index in [-0.39, 0.29) is 17.6 Å². The summed E-state index contributed by atoms with van der Waals surface area (Å²) in [5.41, 5.74) is 4.27. The summed E-state index contributed by atoms with van der Waals surface area (Å²) in [7, 11) is 3.88. The Kier molecular flexibility index (Phi) is 6.88. The van der Waals surface area contributed by atoms with Gasteiger partial charge in [0.05, 0.1) is 11.7 Å². The predicted octanol–water partition coefficient (Wildman–Crippen LogP) is 4.13. The molecule has 0 radical (unpaired) electrons. The van der Waals surface area contributed by atoms with E-state index in [1.807, 2.05) is 6.07 Å². The molecule has 0 aliphatic carbocycles. The van der Waals surface area contributed by atoms with E-state index in [0.29, 0.717) is 12.2 Å². The molecule has 7 nitrogen and oxygen atoms in total. The molecule has 7 heteroatoms. The SMILES string of the molecule is CN(c1ccccc1)c1ccc(CN2CCC3(CC[C@H](CNC(=O)c4ccnn4C)O3)CC2)cc1. The van der Waals surface area contributed by atoms with E-state index >= 15 is 0 Å². The van der Waals surface area contributed by atoms with Gasteiger partial charge in [0.25, 0.3) is 5.91 Å². The van der Waals surface area contributed by atoms with E-state index in [9.17, 15) is 4.79 Å². The lowest BCUT2D eigenvalue weighted by atomic mass is 9.88. The lowest BCUT2D eigenvalue weighted by Crippen LogP contribution is -2.44. The maximum absolute atomic E-state index is 12.4. The van der Waals surface area contributed by atoms with Crippen LogP contribution in [0.3, 0.4) is 0 Å². The molecule has 2 saturated heterocycles. The third-order valence-corrected chi connectivity index (χ3v) is 7.52. The van der Waals surface area contributed by atoms with Crippen molar-refractivity contribution in [3.8, 4) is 0 Å². The summed E-state index contributed by atoms with van der Waals surface area (Å²) in [5, 5.41) is 7.08. The van der Waals surface area contributed by atoms with Crippen LogP contribution < -0.4 is 10.2 Å². The Morgan fingerprint density at radius 1 is 1.06 bits per heavy atom. The van der Waals surface area contributed by atoms with Crippen molar-refractivity contribution >= 4 is 17.3 Å². The van der Waals surface area contributed by atoms with Crippen LogP contribution in [0.5, 0.6) is 0 Å². The number of ether oxygens (including phenoxy) is 1. The van der Waals surface area contributed by atoms with Crippen LogP contribution in [0, 0.1) is 0 Å². The fourth-order valence-electron chi connectivity index (χ4n) is 5.30. The molecule has 2 fully saturated rings. The van der Waals surface area contributed by atoms with Gasteiger partial charge in [-0.25, -0.2) is 0 Å². The number of hydrogen-bond acceptors (Lipinski definition) is 5. The first-order valence-electron chi connectivity index (χ1n) is 12.6. The number of carbonyl (C=O) groups is 1. The van der Waals surface area contributed by atoms with Gasteiger partial charge in [-0.3, -0.25) is 14.4 Å². The molecule has 1 spiro atoms. The number of para-hydroxylation sites is 1. The van der Waals surface area contributed by atoms with Gasteiger partial charge in [0, 0.05) is 57.8 Å². The van der Waals surface area contributed by atoms with Crippen LogP contribution in [-0.2, 0) is 18.3 Å². The molecule has 1 aromatic heterocycles. The number of aromatic nitrogens is 2. The quantitative estimate of drug-likeness (QED) is 0.559. The van der Waals surface area contributed by atoms with Crippen molar-refractivity contribution in [1.29, 1.82) is 0 Å². The maximum Gasteiger partial charge on any atom is 0.269 e.